The van der Waals surface area contributed by atoms with Crippen LogP contribution in [-0.4, -0.2) is 66.3 Å². The third-order valence-electron chi connectivity index (χ3n) is 6.83. The van der Waals surface area contributed by atoms with Gasteiger partial charge in [-0.2, -0.15) is 0 Å². The van der Waals surface area contributed by atoms with Crippen LogP contribution in [0.1, 0.15) is 25.7 Å². The zero-order valence-corrected chi connectivity index (χ0v) is 21.4. The first-order valence-electron chi connectivity index (χ1n) is 12.5. The van der Waals surface area contributed by atoms with E-state index >= 15 is 0 Å². The lowest BCUT2D eigenvalue weighted by Gasteiger charge is -2.33. The summed E-state index contributed by atoms with van der Waals surface area (Å²) in [5, 5.41) is 10.1. The molecule has 37 heavy (non-hydrogen) atoms. The summed E-state index contributed by atoms with van der Waals surface area (Å²) in [7, 11) is 1.58. The smallest absolute Gasteiger partial charge is 0.317 e. The lowest BCUT2D eigenvalue weighted by molar-refractivity contribution is 0.131. The second-order valence-electron chi connectivity index (χ2n) is 9.25. The van der Waals surface area contributed by atoms with E-state index in [4.69, 9.17) is 21.1 Å². The largest absolute Gasteiger partial charge is 0.493 e. The van der Waals surface area contributed by atoms with Gasteiger partial charge < -0.3 is 30.3 Å². The molecule has 0 atom stereocenters. The van der Waals surface area contributed by atoms with E-state index in [0.717, 1.165) is 51.9 Å². The number of methoxy groups -OCH3 is 1. The number of rotatable bonds is 6. The number of urea groups is 1. The fourth-order valence-corrected chi connectivity index (χ4v) is 4.96. The lowest BCUT2D eigenvalue weighted by atomic mass is 9.93. The molecular weight excluding hydrogens is 499 g/mol. The van der Waals surface area contributed by atoms with Crippen molar-refractivity contribution in [3.05, 3.63) is 47.5 Å². The molecule has 3 aromatic rings. The molecule has 5 rings (SSSR count). The molecule has 196 valence electrons. The highest BCUT2D eigenvalue weighted by Crippen LogP contribution is 2.37. The van der Waals surface area contributed by atoms with Crippen LogP contribution in [0.3, 0.4) is 0 Å². The highest BCUT2D eigenvalue weighted by atomic mass is 35.5. The quantitative estimate of drug-likeness (QED) is 0.433. The van der Waals surface area contributed by atoms with Gasteiger partial charge in [0, 0.05) is 43.7 Å². The average Bonchev–Trinajstić information content (AvgIpc) is 2.92. The Bertz CT molecular complexity index is 1260. The molecule has 9 nitrogen and oxygen atoms in total. The minimum absolute atomic E-state index is 0.0123. The lowest BCUT2D eigenvalue weighted by Crippen LogP contribution is -2.52. The van der Waals surface area contributed by atoms with E-state index in [-0.39, 0.29) is 28.9 Å². The van der Waals surface area contributed by atoms with Gasteiger partial charge in [0.2, 0.25) is 0 Å². The predicted molar refractivity (Wildman–Crippen MR) is 140 cm³/mol. The minimum atomic E-state index is -0.554. The van der Waals surface area contributed by atoms with Gasteiger partial charge >= 0.3 is 6.03 Å². The van der Waals surface area contributed by atoms with Gasteiger partial charge in [-0.05, 0) is 43.9 Å². The van der Waals surface area contributed by atoms with Crippen LogP contribution in [0, 0.1) is 5.82 Å². The standard InChI is InChI=1S/C26H30ClFN6O3/c1-36-22-14-21-18(25(31-15-30-21)33-20-4-2-3-19(27)24(20)28)13-23(22)37-17-7-5-16(6-8-17)32-26(35)34-11-9-29-10-12-34/h2-4,13-17,29H,5-12H2,1H3,(H,32,35)(H,30,31,33)/t16-,17-. The third kappa shape index (κ3) is 5.80. The molecule has 2 amide bonds. The maximum absolute atomic E-state index is 14.5. The number of amides is 2. The molecule has 1 aliphatic carbocycles. The SMILES string of the molecule is COc1cc2ncnc(Nc3cccc(Cl)c3F)c2cc1O[C@H]1CC[C@H](NC(=O)N2CCNCC2)CC1. The number of hydrogen-bond donors (Lipinski definition) is 3. The van der Waals surface area contributed by atoms with Crippen molar-refractivity contribution < 1.29 is 18.7 Å². The summed E-state index contributed by atoms with van der Waals surface area (Å²) >= 11 is 5.94. The highest BCUT2D eigenvalue weighted by Gasteiger charge is 2.27. The first-order chi connectivity index (χ1) is 18.0. The Morgan fingerprint density at radius 2 is 1.92 bits per heavy atom. The molecule has 0 unspecified atom stereocenters. The molecule has 2 aromatic carbocycles. The van der Waals surface area contributed by atoms with Crippen LogP contribution in [0.5, 0.6) is 11.5 Å². The summed E-state index contributed by atoms with van der Waals surface area (Å²) in [6, 6.07) is 8.49. The van der Waals surface area contributed by atoms with E-state index in [1.54, 1.807) is 25.3 Å². The monoisotopic (exact) mass is 528 g/mol. The van der Waals surface area contributed by atoms with Crippen LogP contribution in [0.15, 0.2) is 36.7 Å². The van der Waals surface area contributed by atoms with Crippen molar-refractivity contribution in [2.24, 2.45) is 0 Å². The van der Waals surface area contributed by atoms with Gasteiger partial charge in [0.25, 0.3) is 0 Å². The molecule has 0 radical (unpaired) electrons. The van der Waals surface area contributed by atoms with Crippen LogP contribution in [0.4, 0.5) is 20.7 Å². The van der Waals surface area contributed by atoms with E-state index in [9.17, 15) is 9.18 Å². The Morgan fingerprint density at radius 1 is 1.14 bits per heavy atom. The van der Waals surface area contributed by atoms with Crippen molar-refractivity contribution in [1.82, 2.24) is 25.5 Å². The number of nitrogens with zero attached hydrogens (tertiary/aromatic N) is 3. The van der Waals surface area contributed by atoms with E-state index in [1.165, 1.54) is 12.4 Å². The Hall–Kier alpha value is -3.37. The molecule has 3 N–H and O–H groups in total. The van der Waals surface area contributed by atoms with Crippen LogP contribution in [-0.2, 0) is 0 Å². The van der Waals surface area contributed by atoms with Gasteiger partial charge in [-0.15, -0.1) is 0 Å². The topological polar surface area (TPSA) is 101 Å². The minimum Gasteiger partial charge on any atom is -0.493 e. The fourth-order valence-electron chi connectivity index (χ4n) is 4.78. The van der Waals surface area contributed by atoms with Gasteiger partial charge in [0.15, 0.2) is 17.3 Å². The van der Waals surface area contributed by atoms with Gasteiger partial charge in [-0.1, -0.05) is 17.7 Å². The summed E-state index contributed by atoms with van der Waals surface area (Å²) in [6.45, 7) is 3.13. The number of carbonyl (C=O) groups excluding carboxylic acids is 1. The van der Waals surface area contributed by atoms with E-state index < -0.39 is 5.82 Å². The molecule has 0 bridgehead atoms. The molecule has 2 heterocycles. The molecular formula is C26H30ClFN6O3. The molecule has 1 saturated carbocycles. The van der Waals surface area contributed by atoms with Crippen LogP contribution in [0.25, 0.3) is 10.9 Å². The van der Waals surface area contributed by atoms with Crippen molar-refractivity contribution in [2.75, 3.05) is 38.6 Å². The maximum atomic E-state index is 14.5. The Morgan fingerprint density at radius 3 is 2.68 bits per heavy atom. The molecule has 2 fully saturated rings. The van der Waals surface area contributed by atoms with Crippen molar-refractivity contribution in [1.29, 1.82) is 0 Å². The maximum Gasteiger partial charge on any atom is 0.317 e. The van der Waals surface area contributed by atoms with Crippen molar-refractivity contribution in [3.63, 3.8) is 0 Å². The van der Waals surface area contributed by atoms with Gasteiger partial charge in [0.05, 0.1) is 29.4 Å². The molecule has 1 saturated heterocycles. The number of halogens is 2. The van der Waals surface area contributed by atoms with Gasteiger partial charge in [0.1, 0.15) is 12.1 Å². The van der Waals surface area contributed by atoms with E-state index in [1.807, 2.05) is 11.0 Å². The number of hydrogen-bond acceptors (Lipinski definition) is 7. The number of benzene rings is 2. The summed E-state index contributed by atoms with van der Waals surface area (Å²) in [5.74, 6) is 0.993. The van der Waals surface area contributed by atoms with E-state index in [2.05, 4.69) is 25.9 Å². The van der Waals surface area contributed by atoms with Gasteiger partial charge in [-0.3, -0.25) is 0 Å². The average molecular weight is 529 g/mol. The van der Waals surface area contributed by atoms with Crippen LogP contribution < -0.4 is 25.4 Å². The molecule has 0 spiro atoms. The normalized spacial score (nSPS) is 19.9. The Kier molecular flexibility index (Phi) is 7.76. The zero-order valence-electron chi connectivity index (χ0n) is 20.6. The first kappa shape index (κ1) is 25.3. The van der Waals surface area contributed by atoms with Crippen LogP contribution >= 0.6 is 11.6 Å². The molecule has 1 aromatic heterocycles. The zero-order chi connectivity index (χ0) is 25.8. The predicted octanol–water partition coefficient (Wildman–Crippen LogP) is 4.48. The summed E-state index contributed by atoms with van der Waals surface area (Å²) < 4.78 is 26.4. The number of piperazine rings is 1. The molecule has 2 aliphatic rings. The Balaban J connectivity index is 1.28. The number of fused-ring (bicyclic) bond motifs is 1. The number of carbonyl (C=O) groups is 1. The summed E-state index contributed by atoms with van der Waals surface area (Å²) in [5.41, 5.74) is 0.843. The first-order valence-corrected chi connectivity index (χ1v) is 12.9. The van der Waals surface area contributed by atoms with Gasteiger partial charge in [-0.25, -0.2) is 19.2 Å². The molecule has 1 aliphatic heterocycles. The third-order valence-corrected chi connectivity index (χ3v) is 7.12. The summed E-state index contributed by atoms with van der Waals surface area (Å²) in [4.78, 5) is 23.1. The van der Waals surface area contributed by atoms with Crippen LogP contribution in [0.2, 0.25) is 5.02 Å². The number of nitrogens with one attached hydrogen (secondary N) is 3. The highest BCUT2D eigenvalue weighted by molar-refractivity contribution is 6.31. The number of aromatic nitrogens is 2. The van der Waals surface area contributed by atoms with Crippen molar-refractivity contribution in [2.45, 2.75) is 37.8 Å². The molecule has 11 heteroatoms. The second-order valence-corrected chi connectivity index (χ2v) is 9.65. The van der Waals surface area contributed by atoms with Crippen molar-refractivity contribution in [3.8, 4) is 11.5 Å². The number of anilines is 2. The Labute approximate surface area is 219 Å². The second kappa shape index (κ2) is 11.4. The van der Waals surface area contributed by atoms with E-state index in [0.29, 0.717) is 28.2 Å². The number of ether oxygens (including phenoxy) is 2. The fraction of sp³-hybridized carbons (Fsp3) is 0.423. The summed E-state index contributed by atoms with van der Waals surface area (Å²) in [6.07, 6.45) is 4.66. The van der Waals surface area contributed by atoms with Crippen molar-refractivity contribution >= 4 is 40.0 Å².